The van der Waals surface area contributed by atoms with E-state index in [0.717, 1.165) is 5.56 Å². The first-order chi connectivity index (χ1) is 11.1. The minimum absolute atomic E-state index is 0.197. The van der Waals surface area contributed by atoms with Gasteiger partial charge in [-0.05, 0) is 45.9 Å². The maximum absolute atomic E-state index is 12.4. The van der Waals surface area contributed by atoms with Gasteiger partial charge in [-0.3, -0.25) is 0 Å². The Bertz CT molecular complexity index is 829. The molecule has 0 fully saturated rings. The lowest BCUT2D eigenvalue weighted by molar-refractivity contribution is 0.491. The Hall–Kier alpha value is -2.19. The van der Waals surface area contributed by atoms with Gasteiger partial charge in [-0.2, -0.15) is 4.98 Å². The molecule has 2 aromatic rings. The van der Waals surface area contributed by atoms with Gasteiger partial charge in [-0.15, -0.1) is 0 Å². The molecule has 8 heteroatoms. The highest BCUT2D eigenvalue weighted by molar-refractivity contribution is 7.89. The molecular weight excluding hydrogens is 326 g/mol. The maximum Gasteiger partial charge on any atom is 0.241 e. The lowest BCUT2D eigenvalue weighted by Crippen LogP contribution is -2.40. The molecule has 0 saturated heterocycles. The molecule has 0 aliphatic rings. The number of hydrogen-bond acceptors (Lipinski definition) is 6. The molecule has 0 aliphatic carbocycles. The summed E-state index contributed by atoms with van der Waals surface area (Å²) in [5.74, 6) is 1.11. The van der Waals surface area contributed by atoms with Crippen LogP contribution in [0.25, 0.3) is 0 Å². The molecule has 130 valence electrons. The van der Waals surface area contributed by atoms with Crippen LogP contribution in [-0.2, 0) is 10.0 Å². The molecule has 0 unspecified atom stereocenters. The summed E-state index contributed by atoms with van der Waals surface area (Å²) >= 11 is 0. The van der Waals surface area contributed by atoms with Gasteiger partial charge >= 0.3 is 0 Å². The van der Waals surface area contributed by atoms with Gasteiger partial charge in [-0.25, -0.2) is 18.1 Å². The quantitative estimate of drug-likeness (QED) is 0.768. The van der Waals surface area contributed by atoms with E-state index in [2.05, 4.69) is 25.3 Å². The largest absolute Gasteiger partial charge is 0.357 e. The van der Waals surface area contributed by atoms with Crippen LogP contribution in [0.5, 0.6) is 0 Å². The number of anilines is 3. The smallest absolute Gasteiger partial charge is 0.241 e. The summed E-state index contributed by atoms with van der Waals surface area (Å²) in [4.78, 5) is 8.66. The summed E-state index contributed by atoms with van der Waals surface area (Å²) < 4.78 is 27.5. The van der Waals surface area contributed by atoms with Crippen LogP contribution in [0.15, 0.2) is 35.4 Å². The highest BCUT2D eigenvalue weighted by atomic mass is 32.2. The third kappa shape index (κ3) is 4.65. The predicted molar refractivity (Wildman–Crippen MR) is 96.1 cm³/mol. The molecule has 0 radical (unpaired) electrons. The lowest BCUT2D eigenvalue weighted by Gasteiger charge is -2.20. The minimum Gasteiger partial charge on any atom is -0.357 e. The number of hydrogen-bond donors (Lipinski definition) is 3. The molecule has 1 aromatic heterocycles. The molecule has 1 heterocycles. The predicted octanol–water partition coefficient (Wildman–Crippen LogP) is 2.65. The van der Waals surface area contributed by atoms with Crippen molar-refractivity contribution in [2.75, 3.05) is 17.7 Å². The first-order valence-electron chi connectivity index (χ1n) is 7.53. The molecule has 1 aromatic carbocycles. The summed E-state index contributed by atoms with van der Waals surface area (Å²) in [6.07, 6.45) is 1.70. The van der Waals surface area contributed by atoms with Crippen LogP contribution in [0.4, 0.5) is 17.5 Å². The van der Waals surface area contributed by atoms with Gasteiger partial charge < -0.3 is 10.6 Å². The van der Waals surface area contributed by atoms with Gasteiger partial charge in [0, 0.05) is 30.0 Å². The third-order valence-corrected chi connectivity index (χ3v) is 4.80. The van der Waals surface area contributed by atoms with Crippen LogP contribution in [-0.4, -0.2) is 31.0 Å². The highest BCUT2D eigenvalue weighted by Crippen LogP contribution is 2.22. The van der Waals surface area contributed by atoms with Gasteiger partial charge in [0.1, 0.15) is 5.82 Å². The molecule has 3 N–H and O–H groups in total. The average molecular weight is 349 g/mol. The van der Waals surface area contributed by atoms with Gasteiger partial charge in [0.15, 0.2) is 0 Å². The number of aromatic nitrogens is 2. The van der Waals surface area contributed by atoms with E-state index < -0.39 is 15.6 Å². The maximum atomic E-state index is 12.4. The number of nitrogens with one attached hydrogen (secondary N) is 3. The van der Waals surface area contributed by atoms with Crippen molar-refractivity contribution >= 4 is 27.5 Å². The topological polar surface area (TPSA) is 96.0 Å². The Balaban J connectivity index is 2.32. The van der Waals surface area contributed by atoms with Crippen molar-refractivity contribution < 1.29 is 8.42 Å². The van der Waals surface area contributed by atoms with Gasteiger partial charge in [0.2, 0.25) is 16.0 Å². The first kappa shape index (κ1) is 18.2. The van der Waals surface area contributed by atoms with Crippen molar-refractivity contribution in [2.24, 2.45) is 0 Å². The SMILES string of the molecule is CNc1ncc(C)c(Nc2cccc(S(=O)(=O)NC(C)(C)C)c2)n1. The molecular formula is C16H23N5O2S. The fourth-order valence-corrected chi connectivity index (χ4v) is 3.49. The van der Waals surface area contributed by atoms with Crippen LogP contribution < -0.4 is 15.4 Å². The summed E-state index contributed by atoms with van der Waals surface area (Å²) in [6.45, 7) is 7.28. The fraction of sp³-hybridized carbons (Fsp3) is 0.375. The summed E-state index contributed by atoms with van der Waals surface area (Å²) in [5, 5.41) is 6.01. The Morgan fingerprint density at radius 2 is 1.88 bits per heavy atom. The number of benzene rings is 1. The van der Waals surface area contributed by atoms with E-state index >= 15 is 0 Å². The molecule has 0 spiro atoms. The van der Waals surface area contributed by atoms with Gasteiger partial charge in [0.05, 0.1) is 4.90 Å². The first-order valence-corrected chi connectivity index (χ1v) is 9.01. The Labute approximate surface area is 143 Å². The molecule has 0 aliphatic heterocycles. The van der Waals surface area contributed by atoms with E-state index in [1.807, 2.05) is 6.92 Å². The fourth-order valence-electron chi connectivity index (χ4n) is 2.03. The number of aryl methyl sites for hydroxylation is 1. The zero-order chi connectivity index (χ0) is 18.0. The van der Waals surface area contributed by atoms with Crippen molar-refractivity contribution in [3.8, 4) is 0 Å². The third-order valence-electron chi connectivity index (χ3n) is 3.04. The normalized spacial score (nSPS) is 12.0. The molecule has 0 amide bonds. The zero-order valence-electron chi connectivity index (χ0n) is 14.5. The van der Waals surface area contributed by atoms with E-state index in [9.17, 15) is 8.42 Å². The standard InChI is InChI=1S/C16H23N5O2S/c1-11-10-18-15(17-5)20-14(11)19-12-7-6-8-13(9-12)24(22,23)21-16(2,3)4/h6-10,21H,1-5H3,(H2,17,18,19,20). The Morgan fingerprint density at radius 1 is 1.17 bits per heavy atom. The number of sulfonamides is 1. The van der Waals surface area contributed by atoms with E-state index in [0.29, 0.717) is 17.5 Å². The molecule has 2 rings (SSSR count). The van der Waals surface area contributed by atoms with Crippen molar-refractivity contribution in [1.29, 1.82) is 0 Å². The minimum atomic E-state index is -3.59. The second-order valence-corrected chi connectivity index (χ2v) is 8.17. The molecule has 0 bridgehead atoms. The lowest BCUT2D eigenvalue weighted by atomic mass is 10.1. The van der Waals surface area contributed by atoms with Crippen LogP contribution in [0, 0.1) is 6.92 Å². The van der Waals surface area contributed by atoms with E-state index in [-0.39, 0.29) is 4.90 Å². The van der Waals surface area contributed by atoms with Gasteiger partial charge in [0.25, 0.3) is 0 Å². The number of nitrogens with zero attached hydrogens (tertiary/aromatic N) is 2. The summed E-state index contributed by atoms with van der Waals surface area (Å²) in [6, 6.07) is 6.62. The van der Waals surface area contributed by atoms with Crippen molar-refractivity contribution in [2.45, 2.75) is 38.1 Å². The second kappa shape index (κ2) is 6.74. The Morgan fingerprint density at radius 3 is 2.50 bits per heavy atom. The average Bonchev–Trinajstić information content (AvgIpc) is 2.47. The van der Waals surface area contributed by atoms with Crippen LogP contribution in [0.3, 0.4) is 0 Å². The van der Waals surface area contributed by atoms with Crippen LogP contribution in [0.1, 0.15) is 26.3 Å². The second-order valence-electron chi connectivity index (χ2n) is 6.48. The van der Waals surface area contributed by atoms with Crippen molar-refractivity contribution in [3.63, 3.8) is 0 Å². The molecule has 0 atom stereocenters. The van der Waals surface area contributed by atoms with Crippen LogP contribution in [0.2, 0.25) is 0 Å². The molecule has 24 heavy (non-hydrogen) atoms. The zero-order valence-corrected chi connectivity index (χ0v) is 15.3. The summed E-state index contributed by atoms with van der Waals surface area (Å²) in [7, 11) is -1.85. The Kier molecular flexibility index (Phi) is 5.10. The van der Waals surface area contributed by atoms with E-state index in [1.54, 1.807) is 58.3 Å². The van der Waals surface area contributed by atoms with E-state index in [1.165, 1.54) is 0 Å². The highest BCUT2D eigenvalue weighted by Gasteiger charge is 2.22. The molecule has 7 nitrogen and oxygen atoms in total. The molecule has 0 saturated carbocycles. The van der Waals surface area contributed by atoms with Crippen molar-refractivity contribution in [1.82, 2.24) is 14.7 Å². The monoisotopic (exact) mass is 349 g/mol. The van der Waals surface area contributed by atoms with Gasteiger partial charge in [-0.1, -0.05) is 6.07 Å². The summed E-state index contributed by atoms with van der Waals surface area (Å²) in [5.41, 5.74) is 0.943. The van der Waals surface area contributed by atoms with E-state index in [4.69, 9.17) is 0 Å². The van der Waals surface area contributed by atoms with Crippen molar-refractivity contribution in [3.05, 3.63) is 36.0 Å². The number of rotatable bonds is 5. The van der Waals surface area contributed by atoms with Crippen LogP contribution >= 0.6 is 0 Å².